The molecule has 0 aromatic rings. The number of carbonyl (C=O) groups is 1. The van der Waals surface area contributed by atoms with Crippen molar-refractivity contribution in [1.82, 2.24) is 4.90 Å². The van der Waals surface area contributed by atoms with Crippen molar-refractivity contribution in [3.63, 3.8) is 0 Å². The Hall–Kier alpha value is -0.320. The summed E-state index contributed by atoms with van der Waals surface area (Å²) < 4.78 is 5.38. The lowest BCUT2D eigenvalue weighted by molar-refractivity contribution is -0.141. The van der Waals surface area contributed by atoms with Crippen LogP contribution in [-0.2, 0) is 9.53 Å². The van der Waals surface area contributed by atoms with E-state index in [9.17, 15) is 4.79 Å². The highest BCUT2D eigenvalue weighted by Crippen LogP contribution is 2.42. The van der Waals surface area contributed by atoms with E-state index >= 15 is 0 Å². The molecule has 2 atom stereocenters. The summed E-state index contributed by atoms with van der Waals surface area (Å²) in [6, 6.07) is 0.354. The number of methoxy groups -OCH3 is 1. The van der Waals surface area contributed by atoms with Gasteiger partial charge in [0.15, 0.2) is 0 Å². The molecule has 1 aliphatic heterocycles. The fourth-order valence-corrected chi connectivity index (χ4v) is 4.56. The summed E-state index contributed by atoms with van der Waals surface area (Å²) in [5.41, 5.74) is 6.32. The molecule has 2 saturated carbocycles. The van der Waals surface area contributed by atoms with Gasteiger partial charge in [-0.25, -0.2) is 0 Å². The lowest BCUT2D eigenvalue weighted by atomic mass is 9.65. The minimum absolute atomic E-state index is 0. The first-order valence-electron chi connectivity index (χ1n) is 8.26. The van der Waals surface area contributed by atoms with Crippen LogP contribution >= 0.6 is 12.4 Å². The van der Waals surface area contributed by atoms with Gasteiger partial charge in [0.25, 0.3) is 0 Å². The molecule has 0 spiro atoms. The highest BCUT2D eigenvalue weighted by Gasteiger charge is 2.41. The summed E-state index contributed by atoms with van der Waals surface area (Å²) in [5.74, 6) is 1.81. The zero-order chi connectivity index (χ0) is 14.1. The van der Waals surface area contributed by atoms with Gasteiger partial charge in [0.1, 0.15) is 0 Å². The van der Waals surface area contributed by atoms with Gasteiger partial charge in [-0.3, -0.25) is 4.79 Å². The van der Waals surface area contributed by atoms with Gasteiger partial charge >= 0.3 is 0 Å². The molecule has 5 heteroatoms. The number of hydrogen-bond donors (Lipinski definition) is 1. The Kier molecular flexibility index (Phi) is 5.92. The van der Waals surface area contributed by atoms with Crippen LogP contribution in [0.25, 0.3) is 0 Å². The number of hydrogen-bond acceptors (Lipinski definition) is 3. The van der Waals surface area contributed by atoms with Gasteiger partial charge in [-0.05, 0) is 50.4 Å². The van der Waals surface area contributed by atoms with E-state index in [1.807, 2.05) is 0 Å². The number of likely N-dealkylation sites (tertiary alicyclic amines) is 1. The Morgan fingerprint density at radius 3 is 2.19 bits per heavy atom. The molecule has 3 rings (SSSR count). The molecule has 1 heterocycles. The molecule has 2 N–H and O–H groups in total. The molecule has 4 nitrogen and oxygen atoms in total. The van der Waals surface area contributed by atoms with Crippen molar-refractivity contribution in [1.29, 1.82) is 0 Å². The molecule has 21 heavy (non-hydrogen) atoms. The van der Waals surface area contributed by atoms with Crippen molar-refractivity contribution in [2.45, 2.75) is 57.1 Å². The molecule has 122 valence electrons. The smallest absolute Gasteiger partial charge is 0.225 e. The van der Waals surface area contributed by atoms with E-state index in [1.54, 1.807) is 7.11 Å². The zero-order valence-electron chi connectivity index (χ0n) is 13.0. The highest BCUT2D eigenvalue weighted by atomic mass is 35.5. The molecule has 0 aromatic carbocycles. The van der Waals surface area contributed by atoms with E-state index in [4.69, 9.17) is 10.5 Å². The van der Waals surface area contributed by atoms with Crippen molar-refractivity contribution in [2.75, 3.05) is 20.2 Å². The molecular formula is C16H29ClN2O2. The molecule has 3 aliphatic rings. The number of nitrogens with zero attached hydrogens (tertiary/aromatic N) is 1. The van der Waals surface area contributed by atoms with E-state index in [2.05, 4.69) is 4.90 Å². The van der Waals surface area contributed by atoms with Gasteiger partial charge in [-0.2, -0.15) is 0 Å². The molecule has 2 bridgehead atoms. The third kappa shape index (κ3) is 3.54. The van der Waals surface area contributed by atoms with Gasteiger partial charge in [0.2, 0.25) is 5.91 Å². The summed E-state index contributed by atoms with van der Waals surface area (Å²) in [7, 11) is 1.77. The van der Waals surface area contributed by atoms with Crippen LogP contribution in [0.2, 0.25) is 0 Å². The SMILES string of the molecule is COC1CCN(C(=O)C2CC3CCCC(C2)C3N)CC1.Cl. The lowest BCUT2D eigenvalue weighted by Gasteiger charge is -2.45. The predicted octanol–water partition coefficient (Wildman–Crippen LogP) is 2.20. The molecule has 0 radical (unpaired) electrons. The van der Waals surface area contributed by atoms with Gasteiger partial charge in [-0.15, -0.1) is 12.4 Å². The minimum Gasteiger partial charge on any atom is -0.381 e. The predicted molar refractivity (Wildman–Crippen MR) is 85.4 cm³/mol. The van der Waals surface area contributed by atoms with Gasteiger partial charge in [-0.1, -0.05) is 6.42 Å². The van der Waals surface area contributed by atoms with Crippen LogP contribution in [0.3, 0.4) is 0 Å². The van der Waals surface area contributed by atoms with Crippen molar-refractivity contribution in [3.05, 3.63) is 0 Å². The quantitative estimate of drug-likeness (QED) is 0.849. The van der Waals surface area contributed by atoms with E-state index in [0.29, 0.717) is 29.9 Å². The Bertz CT molecular complexity index is 344. The normalized spacial score (nSPS) is 37.0. The molecule has 2 aliphatic carbocycles. The maximum Gasteiger partial charge on any atom is 0.225 e. The van der Waals surface area contributed by atoms with Crippen molar-refractivity contribution in [2.24, 2.45) is 23.5 Å². The van der Waals surface area contributed by atoms with Crippen molar-refractivity contribution >= 4 is 18.3 Å². The Morgan fingerprint density at radius 2 is 1.67 bits per heavy atom. The molecule has 1 amide bonds. The Labute approximate surface area is 134 Å². The summed E-state index contributed by atoms with van der Waals surface area (Å²) in [5, 5.41) is 0. The molecule has 1 saturated heterocycles. The fourth-order valence-electron chi connectivity index (χ4n) is 4.56. The van der Waals surface area contributed by atoms with Gasteiger partial charge < -0.3 is 15.4 Å². The topological polar surface area (TPSA) is 55.6 Å². The summed E-state index contributed by atoms with van der Waals surface area (Å²) >= 11 is 0. The van der Waals surface area contributed by atoms with Gasteiger partial charge in [0.05, 0.1) is 6.10 Å². The van der Waals surface area contributed by atoms with Crippen LogP contribution in [0.1, 0.15) is 44.9 Å². The number of carbonyl (C=O) groups excluding carboxylic acids is 1. The molecule has 2 unspecified atom stereocenters. The monoisotopic (exact) mass is 316 g/mol. The third-order valence-corrected chi connectivity index (χ3v) is 5.85. The summed E-state index contributed by atoms with van der Waals surface area (Å²) in [6.07, 6.45) is 8.14. The minimum atomic E-state index is 0. The van der Waals surface area contributed by atoms with E-state index < -0.39 is 0 Å². The number of rotatable bonds is 2. The first-order chi connectivity index (χ1) is 9.69. The average Bonchev–Trinajstić information content (AvgIpc) is 2.46. The fraction of sp³-hybridized carbons (Fsp3) is 0.938. The lowest BCUT2D eigenvalue weighted by Crippen LogP contribution is -2.51. The van der Waals surface area contributed by atoms with E-state index in [0.717, 1.165) is 38.8 Å². The van der Waals surface area contributed by atoms with Crippen LogP contribution in [-0.4, -0.2) is 43.2 Å². The highest BCUT2D eigenvalue weighted by molar-refractivity contribution is 5.85. The largest absolute Gasteiger partial charge is 0.381 e. The number of halogens is 1. The maximum absolute atomic E-state index is 12.7. The summed E-state index contributed by atoms with van der Waals surface area (Å²) in [4.78, 5) is 14.8. The second-order valence-corrected chi connectivity index (χ2v) is 6.96. The number of amides is 1. The van der Waals surface area contributed by atoms with Crippen molar-refractivity contribution < 1.29 is 9.53 Å². The second kappa shape index (κ2) is 7.30. The number of fused-ring (bicyclic) bond motifs is 2. The molecule has 0 aromatic heterocycles. The van der Waals surface area contributed by atoms with Crippen LogP contribution < -0.4 is 5.73 Å². The van der Waals surface area contributed by atoms with Gasteiger partial charge in [0, 0.05) is 32.2 Å². The van der Waals surface area contributed by atoms with Crippen molar-refractivity contribution in [3.8, 4) is 0 Å². The maximum atomic E-state index is 12.7. The van der Waals surface area contributed by atoms with Crippen LogP contribution in [0, 0.1) is 17.8 Å². The average molecular weight is 317 g/mol. The van der Waals surface area contributed by atoms with E-state index in [1.165, 1.54) is 19.3 Å². The number of ether oxygens (including phenoxy) is 1. The zero-order valence-corrected chi connectivity index (χ0v) is 13.8. The van der Waals surface area contributed by atoms with E-state index in [-0.39, 0.29) is 18.3 Å². The molecule has 3 fully saturated rings. The Balaban J connectivity index is 0.00000161. The molecular weight excluding hydrogens is 288 g/mol. The first kappa shape index (κ1) is 17.0. The summed E-state index contributed by atoms with van der Waals surface area (Å²) in [6.45, 7) is 1.74. The number of piperidine rings is 1. The Morgan fingerprint density at radius 1 is 1.10 bits per heavy atom. The standard InChI is InChI=1S/C16H28N2O2.ClH/c1-20-14-5-7-18(8-6-14)16(19)13-9-11-3-2-4-12(10-13)15(11)17;/h11-15H,2-10,17H2,1H3;1H. The van der Waals surface area contributed by atoms with Crippen LogP contribution in [0.15, 0.2) is 0 Å². The third-order valence-electron chi connectivity index (χ3n) is 5.85. The van der Waals surface area contributed by atoms with Crippen LogP contribution in [0.4, 0.5) is 0 Å². The number of nitrogens with two attached hydrogens (primary N) is 1. The second-order valence-electron chi connectivity index (χ2n) is 6.96. The first-order valence-corrected chi connectivity index (χ1v) is 8.26. The van der Waals surface area contributed by atoms with Crippen LogP contribution in [0.5, 0.6) is 0 Å².